The minimum atomic E-state index is -0.745. The second kappa shape index (κ2) is 21.8. The number of carbonyl (C=O) groups excluding carboxylic acids is 1. The van der Waals surface area contributed by atoms with Crippen molar-refractivity contribution < 1.29 is 14.7 Å². The second-order valence-electron chi connectivity index (χ2n) is 9.33. The highest BCUT2D eigenvalue weighted by Gasteiger charge is 2.05. The molecule has 31 heavy (non-hydrogen) atoms. The normalized spacial score (nSPS) is 19.0. The van der Waals surface area contributed by atoms with Crippen LogP contribution in [0.5, 0.6) is 0 Å². The standard InChI is InChI=1S/C15H26O.C13H24O2/c16-15-13-11-9-7-5-3-1-2-4-6-8-10-12-14-15;1-4-5-6-8-11(2)9-7-10-12(3)13(14)15/h11,13H,1-10,12,14H2;7,10-12H,4-6,8-9H2,1-3H3,(H,14,15). The fraction of sp³-hybridized carbons (Fsp3) is 0.786. The van der Waals surface area contributed by atoms with Crippen LogP contribution in [0.15, 0.2) is 24.3 Å². The molecule has 0 heterocycles. The van der Waals surface area contributed by atoms with Crippen LogP contribution in [0, 0.1) is 11.8 Å². The van der Waals surface area contributed by atoms with Crippen molar-refractivity contribution in [3.8, 4) is 0 Å². The van der Waals surface area contributed by atoms with Crippen LogP contribution in [0.4, 0.5) is 0 Å². The first-order valence-corrected chi connectivity index (χ1v) is 13.1. The zero-order valence-electron chi connectivity index (χ0n) is 20.7. The maximum atomic E-state index is 11.4. The van der Waals surface area contributed by atoms with E-state index in [0.717, 1.165) is 25.7 Å². The molecule has 0 aromatic rings. The fourth-order valence-electron chi connectivity index (χ4n) is 3.73. The van der Waals surface area contributed by atoms with Crippen LogP contribution in [0.1, 0.15) is 130 Å². The summed E-state index contributed by atoms with van der Waals surface area (Å²) in [6.45, 7) is 6.14. The smallest absolute Gasteiger partial charge is 0.310 e. The fourth-order valence-corrected chi connectivity index (χ4v) is 3.73. The molecular formula is C28H50O3. The molecule has 2 atom stereocenters. The number of unbranched alkanes of at least 4 members (excludes halogenated alkanes) is 2. The van der Waals surface area contributed by atoms with Gasteiger partial charge in [-0.15, -0.1) is 0 Å². The number of rotatable bonds is 8. The van der Waals surface area contributed by atoms with Gasteiger partial charge in [0.05, 0.1) is 5.92 Å². The van der Waals surface area contributed by atoms with Gasteiger partial charge in [0.25, 0.3) is 0 Å². The van der Waals surface area contributed by atoms with E-state index >= 15 is 0 Å². The molecule has 2 unspecified atom stereocenters. The molecule has 0 spiro atoms. The second-order valence-corrected chi connectivity index (χ2v) is 9.33. The first-order chi connectivity index (χ1) is 15.0. The molecule has 180 valence electrons. The van der Waals surface area contributed by atoms with E-state index in [1.807, 2.05) is 6.08 Å². The summed E-state index contributed by atoms with van der Waals surface area (Å²) in [7, 11) is 0. The average Bonchev–Trinajstić information content (AvgIpc) is 2.75. The van der Waals surface area contributed by atoms with Crippen LogP contribution < -0.4 is 0 Å². The van der Waals surface area contributed by atoms with Crippen LogP contribution in [-0.4, -0.2) is 16.9 Å². The largest absolute Gasteiger partial charge is 0.481 e. The Morgan fingerprint density at radius 3 is 2.13 bits per heavy atom. The number of carbonyl (C=O) groups is 2. The van der Waals surface area contributed by atoms with Gasteiger partial charge in [-0.1, -0.05) is 109 Å². The Bertz CT molecular complexity index is 492. The summed E-state index contributed by atoms with van der Waals surface area (Å²) in [5.74, 6) is -0.0959. The number of carboxylic acid groups (broad SMARTS) is 1. The predicted octanol–water partition coefficient (Wildman–Crippen LogP) is 8.68. The molecule has 0 radical (unpaired) electrons. The summed E-state index contributed by atoms with van der Waals surface area (Å²) in [5.41, 5.74) is 0. The van der Waals surface area contributed by atoms with Gasteiger partial charge in [0.2, 0.25) is 0 Å². The first-order valence-electron chi connectivity index (χ1n) is 13.1. The molecular weight excluding hydrogens is 384 g/mol. The molecule has 0 fully saturated rings. The lowest BCUT2D eigenvalue weighted by Gasteiger charge is -2.07. The van der Waals surface area contributed by atoms with Gasteiger partial charge in [-0.25, -0.2) is 0 Å². The van der Waals surface area contributed by atoms with E-state index in [-0.39, 0.29) is 5.92 Å². The number of hydrogen-bond acceptors (Lipinski definition) is 2. The highest BCUT2D eigenvalue weighted by molar-refractivity contribution is 5.89. The van der Waals surface area contributed by atoms with Crippen molar-refractivity contribution in [3.05, 3.63) is 24.3 Å². The van der Waals surface area contributed by atoms with Gasteiger partial charge in [0.15, 0.2) is 5.78 Å². The summed E-state index contributed by atoms with van der Waals surface area (Å²) < 4.78 is 0. The van der Waals surface area contributed by atoms with Crippen molar-refractivity contribution in [1.29, 1.82) is 0 Å². The zero-order chi connectivity index (χ0) is 23.2. The van der Waals surface area contributed by atoms with E-state index in [1.54, 1.807) is 19.1 Å². The van der Waals surface area contributed by atoms with Gasteiger partial charge in [-0.2, -0.15) is 0 Å². The molecule has 0 saturated heterocycles. The Labute approximate surface area is 192 Å². The summed E-state index contributed by atoms with van der Waals surface area (Å²) in [4.78, 5) is 22.0. The van der Waals surface area contributed by atoms with Crippen LogP contribution in [0.25, 0.3) is 0 Å². The van der Waals surface area contributed by atoms with E-state index in [2.05, 4.69) is 19.9 Å². The molecule has 1 aliphatic rings. The summed E-state index contributed by atoms with van der Waals surface area (Å²) in [5, 5.41) is 8.67. The Balaban J connectivity index is 0.000000582. The molecule has 0 aromatic heterocycles. The van der Waals surface area contributed by atoms with Gasteiger partial charge >= 0.3 is 5.97 Å². The molecule has 1 N–H and O–H groups in total. The van der Waals surface area contributed by atoms with Gasteiger partial charge < -0.3 is 5.11 Å². The lowest BCUT2D eigenvalue weighted by Crippen LogP contribution is -2.05. The molecule has 3 nitrogen and oxygen atoms in total. The number of hydrogen-bond donors (Lipinski definition) is 1. The minimum Gasteiger partial charge on any atom is -0.481 e. The molecule has 0 bridgehead atoms. The van der Waals surface area contributed by atoms with E-state index < -0.39 is 5.97 Å². The SMILES string of the molecule is CCCCCC(C)CC=CC(C)C(=O)O.O=C1C=CCCCCCCCCCCCC1. The molecule has 0 saturated carbocycles. The zero-order valence-corrected chi connectivity index (χ0v) is 20.7. The number of allylic oxidation sites excluding steroid dienone is 3. The van der Waals surface area contributed by atoms with E-state index in [4.69, 9.17) is 5.11 Å². The van der Waals surface area contributed by atoms with Crippen molar-refractivity contribution >= 4 is 11.8 Å². The summed E-state index contributed by atoms with van der Waals surface area (Å²) >= 11 is 0. The number of ketones is 1. The molecule has 0 amide bonds. The van der Waals surface area contributed by atoms with Crippen LogP contribution in [0.2, 0.25) is 0 Å². The lowest BCUT2D eigenvalue weighted by molar-refractivity contribution is -0.139. The third kappa shape index (κ3) is 21.6. The Kier molecular flexibility index (Phi) is 20.9. The minimum absolute atomic E-state index is 0.329. The molecule has 0 aliphatic heterocycles. The third-order valence-electron chi connectivity index (χ3n) is 6.00. The van der Waals surface area contributed by atoms with Gasteiger partial charge in [-0.05, 0) is 44.6 Å². The van der Waals surface area contributed by atoms with Crippen LogP contribution in [0.3, 0.4) is 0 Å². The van der Waals surface area contributed by atoms with Crippen molar-refractivity contribution in [1.82, 2.24) is 0 Å². The molecule has 1 aliphatic carbocycles. The highest BCUT2D eigenvalue weighted by atomic mass is 16.4. The number of carboxylic acids is 1. The molecule has 0 aromatic carbocycles. The Morgan fingerprint density at radius 2 is 1.55 bits per heavy atom. The average molecular weight is 435 g/mol. The van der Waals surface area contributed by atoms with Crippen LogP contribution in [-0.2, 0) is 9.59 Å². The summed E-state index contributed by atoms with van der Waals surface area (Å²) in [6, 6.07) is 0. The highest BCUT2D eigenvalue weighted by Crippen LogP contribution is 2.14. The monoisotopic (exact) mass is 434 g/mol. The maximum Gasteiger partial charge on any atom is 0.310 e. The van der Waals surface area contributed by atoms with Gasteiger partial charge in [0, 0.05) is 6.42 Å². The Hall–Kier alpha value is -1.38. The van der Waals surface area contributed by atoms with Crippen LogP contribution >= 0.6 is 0 Å². The third-order valence-corrected chi connectivity index (χ3v) is 6.00. The topological polar surface area (TPSA) is 54.4 Å². The lowest BCUT2D eigenvalue weighted by atomic mass is 9.99. The Morgan fingerprint density at radius 1 is 0.968 bits per heavy atom. The molecule has 3 heteroatoms. The number of aliphatic carboxylic acids is 1. The van der Waals surface area contributed by atoms with Gasteiger partial charge in [0.1, 0.15) is 0 Å². The van der Waals surface area contributed by atoms with Crippen molar-refractivity contribution in [3.63, 3.8) is 0 Å². The quantitative estimate of drug-likeness (QED) is 0.307. The van der Waals surface area contributed by atoms with E-state index in [0.29, 0.717) is 11.7 Å². The van der Waals surface area contributed by atoms with E-state index in [1.165, 1.54) is 83.5 Å². The van der Waals surface area contributed by atoms with E-state index in [9.17, 15) is 9.59 Å². The predicted molar refractivity (Wildman–Crippen MR) is 133 cm³/mol. The summed E-state index contributed by atoms with van der Waals surface area (Å²) in [6.07, 6.45) is 28.8. The van der Waals surface area contributed by atoms with Gasteiger partial charge in [-0.3, -0.25) is 9.59 Å². The van der Waals surface area contributed by atoms with Crippen molar-refractivity contribution in [2.75, 3.05) is 0 Å². The van der Waals surface area contributed by atoms with Crippen molar-refractivity contribution in [2.24, 2.45) is 11.8 Å². The first kappa shape index (κ1) is 29.6. The maximum absolute atomic E-state index is 11.4. The van der Waals surface area contributed by atoms with Crippen molar-refractivity contribution in [2.45, 2.75) is 130 Å². The molecule has 1 rings (SSSR count).